The van der Waals surface area contributed by atoms with Gasteiger partial charge in [0.2, 0.25) is 0 Å². The van der Waals surface area contributed by atoms with E-state index in [1.54, 1.807) is 12.1 Å². The van der Waals surface area contributed by atoms with E-state index in [-0.39, 0.29) is 5.91 Å². The third kappa shape index (κ3) is 3.11. The molecule has 4 aromatic rings. The summed E-state index contributed by atoms with van der Waals surface area (Å²) in [5.41, 5.74) is 4.64. The molecule has 0 unspecified atom stereocenters. The lowest BCUT2D eigenvalue weighted by atomic mass is 10.1. The van der Waals surface area contributed by atoms with Gasteiger partial charge in [-0.3, -0.25) is 4.79 Å². The number of ether oxygens (including phenoxy) is 1. The lowest BCUT2D eigenvalue weighted by Gasteiger charge is -2.06. The molecule has 6 heteroatoms. The van der Waals surface area contributed by atoms with Gasteiger partial charge < -0.3 is 15.0 Å². The van der Waals surface area contributed by atoms with Gasteiger partial charge in [-0.1, -0.05) is 18.2 Å². The molecule has 2 aromatic carbocycles. The number of carbonyl (C=O) groups excluding carboxylic acids is 1. The first-order chi connectivity index (χ1) is 12.8. The highest BCUT2D eigenvalue weighted by atomic mass is 16.5. The number of aromatic nitrogens is 3. The molecule has 0 saturated carbocycles. The number of benzene rings is 2. The lowest BCUT2D eigenvalue weighted by molar-refractivity contribution is 0.0944. The third-order valence-corrected chi connectivity index (χ3v) is 4.32. The van der Waals surface area contributed by atoms with Crippen LogP contribution in [0.2, 0.25) is 0 Å². The summed E-state index contributed by atoms with van der Waals surface area (Å²) in [6, 6.07) is 13.4. The number of aromatic amines is 1. The van der Waals surface area contributed by atoms with E-state index in [0.29, 0.717) is 30.8 Å². The van der Waals surface area contributed by atoms with Gasteiger partial charge in [0, 0.05) is 36.2 Å². The predicted octanol–water partition coefficient (Wildman–Crippen LogP) is 3.42. The highest BCUT2D eigenvalue weighted by Crippen LogP contribution is 2.24. The topological polar surface area (TPSA) is 79.9 Å². The summed E-state index contributed by atoms with van der Waals surface area (Å²) >= 11 is 0. The van der Waals surface area contributed by atoms with Gasteiger partial charge in [0.05, 0.1) is 11.0 Å². The van der Waals surface area contributed by atoms with E-state index in [2.05, 4.69) is 15.3 Å². The molecule has 0 aliphatic rings. The molecule has 0 aliphatic carbocycles. The van der Waals surface area contributed by atoms with Crippen molar-refractivity contribution in [2.24, 2.45) is 0 Å². The van der Waals surface area contributed by atoms with Crippen LogP contribution >= 0.6 is 0 Å². The molecule has 0 fully saturated rings. The van der Waals surface area contributed by atoms with E-state index >= 15 is 0 Å². The number of para-hydroxylation sites is 1. The Labute approximate surface area is 150 Å². The predicted molar refractivity (Wildman–Crippen MR) is 102 cm³/mol. The highest BCUT2D eigenvalue weighted by molar-refractivity contribution is 6.06. The Morgan fingerprint density at radius 1 is 1.15 bits per heavy atom. The van der Waals surface area contributed by atoms with Crippen LogP contribution in [0, 0.1) is 0 Å². The third-order valence-electron chi connectivity index (χ3n) is 4.32. The number of hydrogen-bond acceptors (Lipinski definition) is 4. The van der Waals surface area contributed by atoms with Gasteiger partial charge in [-0.2, -0.15) is 0 Å². The van der Waals surface area contributed by atoms with Crippen LogP contribution in [0.1, 0.15) is 23.7 Å². The van der Waals surface area contributed by atoms with Crippen molar-refractivity contribution in [3.05, 3.63) is 48.0 Å². The van der Waals surface area contributed by atoms with Crippen molar-refractivity contribution in [1.82, 2.24) is 20.3 Å². The zero-order chi connectivity index (χ0) is 17.9. The molecule has 6 nitrogen and oxygen atoms in total. The minimum absolute atomic E-state index is 0.107. The average molecular weight is 348 g/mol. The zero-order valence-electron chi connectivity index (χ0n) is 14.6. The molecule has 0 radical (unpaired) electrons. The molecule has 132 valence electrons. The Balaban J connectivity index is 1.62. The van der Waals surface area contributed by atoms with Gasteiger partial charge in [0.15, 0.2) is 5.65 Å². The Morgan fingerprint density at radius 2 is 2.04 bits per heavy atom. The minimum Gasteiger partial charge on any atom is -0.382 e. The summed E-state index contributed by atoms with van der Waals surface area (Å²) in [5, 5.41) is 3.94. The van der Waals surface area contributed by atoms with Crippen molar-refractivity contribution >= 4 is 39.0 Å². The molecule has 4 rings (SSSR count). The molecule has 1 amide bonds. The van der Waals surface area contributed by atoms with Crippen molar-refractivity contribution in [3.8, 4) is 0 Å². The fraction of sp³-hybridized carbons (Fsp3) is 0.250. The molecule has 2 aromatic heterocycles. The summed E-state index contributed by atoms with van der Waals surface area (Å²) in [6.45, 7) is 3.89. The van der Waals surface area contributed by atoms with Crippen LogP contribution in [-0.4, -0.2) is 40.6 Å². The van der Waals surface area contributed by atoms with Gasteiger partial charge in [0.1, 0.15) is 5.52 Å². The second-order valence-electron chi connectivity index (χ2n) is 6.10. The van der Waals surface area contributed by atoms with Crippen LogP contribution in [0.4, 0.5) is 0 Å². The first kappa shape index (κ1) is 16.5. The van der Waals surface area contributed by atoms with Crippen molar-refractivity contribution < 1.29 is 9.53 Å². The highest BCUT2D eigenvalue weighted by Gasteiger charge is 2.11. The van der Waals surface area contributed by atoms with Gasteiger partial charge in [0.25, 0.3) is 5.91 Å². The maximum Gasteiger partial charge on any atom is 0.251 e. The first-order valence-corrected chi connectivity index (χ1v) is 8.80. The molecular formula is C20H20N4O2. The minimum atomic E-state index is -0.107. The van der Waals surface area contributed by atoms with Crippen LogP contribution in [-0.2, 0) is 4.74 Å². The van der Waals surface area contributed by atoms with Crippen molar-refractivity contribution in [1.29, 1.82) is 0 Å². The van der Waals surface area contributed by atoms with E-state index in [9.17, 15) is 4.79 Å². The Kier molecular flexibility index (Phi) is 4.50. The van der Waals surface area contributed by atoms with Crippen LogP contribution in [0.5, 0.6) is 0 Å². The van der Waals surface area contributed by atoms with Crippen LogP contribution in [0.15, 0.2) is 42.5 Å². The number of carbonyl (C=O) groups is 1. The largest absolute Gasteiger partial charge is 0.382 e. The summed E-state index contributed by atoms with van der Waals surface area (Å²) < 4.78 is 5.27. The maximum absolute atomic E-state index is 12.3. The summed E-state index contributed by atoms with van der Waals surface area (Å²) in [4.78, 5) is 25.0. The van der Waals surface area contributed by atoms with E-state index in [4.69, 9.17) is 9.72 Å². The molecule has 2 N–H and O–H groups in total. The van der Waals surface area contributed by atoms with Crippen molar-refractivity contribution in [2.75, 3.05) is 19.8 Å². The lowest BCUT2D eigenvalue weighted by Crippen LogP contribution is -2.25. The smallest absolute Gasteiger partial charge is 0.251 e. The first-order valence-electron chi connectivity index (χ1n) is 8.80. The number of amides is 1. The maximum atomic E-state index is 12.3. The van der Waals surface area contributed by atoms with Crippen molar-refractivity contribution in [3.63, 3.8) is 0 Å². The van der Waals surface area contributed by atoms with E-state index < -0.39 is 0 Å². The number of H-pyrrole nitrogens is 1. The summed E-state index contributed by atoms with van der Waals surface area (Å²) in [7, 11) is 0. The average Bonchev–Trinajstić information content (AvgIpc) is 3.03. The number of nitrogens with one attached hydrogen (secondary N) is 2. The molecular weight excluding hydrogens is 328 g/mol. The second-order valence-corrected chi connectivity index (χ2v) is 6.10. The second kappa shape index (κ2) is 7.09. The van der Waals surface area contributed by atoms with Gasteiger partial charge in [-0.15, -0.1) is 0 Å². The molecule has 26 heavy (non-hydrogen) atoms. The van der Waals surface area contributed by atoms with E-state index in [0.717, 1.165) is 34.0 Å². The standard InChI is InChI=1S/C20H20N4O2/c1-2-26-11-5-10-21-20(25)13-8-9-16-17(12-13)22-18-14-6-3-4-7-15(14)23-19(18)24-16/h3-4,6-9,12H,2,5,10-11H2,1H3,(H,21,25)(H,23,24). The number of nitrogens with zero attached hydrogens (tertiary/aromatic N) is 2. The van der Waals surface area contributed by atoms with Gasteiger partial charge in [-0.25, -0.2) is 9.97 Å². The SMILES string of the molecule is CCOCCCNC(=O)c1ccc2nc3[nH]c4ccccc4c3nc2c1. The molecule has 2 heterocycles. The fourth-order valence-electron chi connectivity index (χ4n) is 3.02. The Bertz CT molecular complexity index is 1090. The summed E-state index contributed by atoms with van der Waals surface area (Å²) in [5.74, 6) is -0.107. The Hall–Kier alpha value is -2.99. The number of hydrogen-bond donors (Lipinski definition) is 2. The van der Waals surface area contributed by atoms with Crippen LogP contribution < -0.4 is 5.32 Å². The quantitative estimate of drug-likeness (QED) is 0.523. The number of fused-ring (bicyclic) bond motifs is 4. The van der Waals surface area contributed by atoms with Crippen LogP contribution in [0.25, 0.3) is 33.1 Å². The van der Waals surface area contributed by atoms with Gasteiger partial charge >= 0.3 is 0 Å². The zero-order valence-corrected chi connectivity index (χ0v) is 14.6. The molecule has 0 saturated heterocycles. The molecule has 0 bridgehead atoms. The van der Waals surface area contributed by atoms with E-state index in [1.165, 1.54) is 0 Å². The van der Waals surface area contributed by atoms with Crippen molar-refractivity contribution in [2.45, 2.75) is 13.3 Å². The Morgan fingerprint density at radius 3 is 2.92 bits per heavy atom. The molecule has 0 spiro atoms. The monoisotopic (exact) mass is 348 g/mol. The van der Waals surface area contributed by atoms with Gasteiger partial charge in [-0.05, 0) is 37.6 Å². The number of rotatable bonds is 6. The molecule has 0 aliphatic heterocycles. The normalized spacial score (nSPS) is 11.4. The van der Waals surface area contributed by atoms with Crippen LogP contribution in [0.3, 0.4) is 0 Å². The summed E-state index contributed by atoms with van der Waals surface area (Å²) in [6.07, 6.45) is 0.795. The van der Waals surface area contributed by atoms with E-state index in [1.807, 2.05) is 37.3 Å². The molecule has 0 atom stereocenters. The fourth-order valence-corrected chi connectivity index (χ4v) is 3.02.